The van der Waals surface area contributed by atoms with Gasteiger partial charge in [0.1, 0.15) is 5.82 Å². The van der Waals surface area contributed by atoms with E-state index in [0.717, 1.165) is 30.5 Å². The lowest BCUT2D eigenvalue weighted by Gasteiger charge is -2.21. The number of hydrogen-bond acceptors (Lipinski definition) is 4. The number of nitrogens with two attached hydrogens (primary N) is 1. The second-order valence-corrected chi connectivity index (χ2v) is 4.75. The number of aromatic nitrogens is 2. The highest BCUT2D eigenvalue weighted by atomic mass is 15.2. The summed E-state index contributed by atoms with van der Waals surface area (Å²) in [6.45, 7) is 6.45. The van der Waals surface area contributed by atoms with Gasteiger partial charge in [0.05, 0.1) is 0 Å². The van der Waals surface area contributed by atoms with Gasteiger partial charge in [0.2, 0.25) is 5.95 Å². The van der Waals surface area contributed by atoms with Gasteiger partial charge in [-0.05, 0) is 32.1 Å². The molecule has 0 bridgehead atoms. The van der Waals surface area contributed by atoms with Crippen molar-refractivity contribution in [2.45, 2.75) is 33.1 Å². The van der Waals surface area contributed by atoms with E-state index in [1.165, 1.54) is 19.3 Å². The topological polar surface area (TPSA) is 55.0 Å². The summed E-state index contributed by atoms with van der Waals surface area (Å²) in [7, 11) is 0. The Hall–Kier alpha value is -1.32. The van der Waals surface area contributed by atoms with Crippen LogP contribution in [0.1, 0.15) is 31.9 Å². The molecule has 4 nitrogen and oxygen atoms in total. The van der Waals surface area contributed by atoms with Crippen molar-refractivity contribution in [1.82, 2.24) is 9.97 Å². The fraction of sp³-hybridized carbons (Fsp3) is 0.667. The molecule has 1 aliphatic rings. The van der Waals surface area contributed by atoms with Crippen LogP contribution < -0.4 is 10.6 Å². The highest BCUT2D eigenvalue weighted by Crippen LogP contribution is 2.21. The molecule has 1 aromatic heterocycles. The molecule has 0 aromatic carbocycles. The van der Waals surface area contributed by atoms with Gasteiger partial charge in [-0.2, -0.15) is 4.98 Å². The van der Waals surface area contributed by atoms with E-state index in [1.807, 2.05) is 13.0 Å². The van der Waals surface area contributed by atoms with Crippen molar-refractivity contribution in [3.8, 4) is 0 Å². The third-order valence-electron chi connectivity index (χ3n) is 3.20. The van der Waals surface area contributed by atoms with E-state index in [9.17, 15) is 0 Å². The Balaban J connectivity index is 2.16. The molecule has 0 saturated carbocycles. The van der Waals surface area contributed by atoms with Crippen molar-refractivity contribution >= 4 is 11.8 Å². The lowest BCUT2D eigenvalue weighted by atomic mass is 10.0. The smallest absolute Gasteiger partial charge is 0.222 e. The number of anilines is 2. The lowest BCUT2D eigenvalue weighted by Crippen LogP contribution is -2.25. The first-order valence-electron chi connectivity index (χ1n) is 6.01. The van der Waals surface area contributed by atoms with Crippen LogP contribution in [0.5, 0.6) is 0 Å². The Morgan fingerprint density at radius 1 is 1.31 bits per heavy atom. The molecule has 0 aliphatic carbocycles. The van der Waals surface area contributed by atoms with Crippen LogP contribution in [0, 0.1) is 12.8 Å². The summed E-state index contributed by atoms with van der Waals surface area (Å²) >= 11 is 0. The number of rotatable bonds is 1. The van der Waals surface area contributed by atoms with Crippen molar-refractivity contribution in [1.29, 1.82) is 0 Å². The molecule has 2 N–H and O–H groups in total. The molecule has 0 radical (unpaired) electrons. The van der Waals surface area contributed by atoms with Crippen LogP contribution in [0.3, 0.4) is 0 Å². The minimum atomic E-state index is 0.382. The fourth-order valence-electron chi connectivity index (χ4n) is 2.23. The van der Waals surface area contributed by atoms with Crippen molar-refractivity contribution in [3.05, 3.63) is 11.8 Å². The Morgan fingerprint density at radius 2 is 2.12 bits per heavy atom. The number of hydrogen-bond donors (Lipinski definition) is 1. The molecule has 88 valence electrons. The molecular weight excluding hydrogens is 200 g/mol. The van der Waals surface area contributed by atoms with Crippen LogP contribution in [0.15, 0.2) is 6.07 Å². The maximum Gasteiger partial charge on any atom is 0.222 e. The Morgan fingerprint density at radius 3 is 2.88 bits per heavy atom. The second kappa shape index (κ2) is 4.68. The van der Waals surface area contributed by atoms with Gasteiger partial charge in [-0.1, -0.05) is 6.92 Å². The van der Waals surface area contributed by atoms with E-state index < -0.39 is 0 Å². The van der Waals surface area contributed by atoms with Crippen LogP contribution in [-0.4, -0.2) is 23.1 Å². The van der Waals surface area contributed by atoms with Crippen LogP contribution >= 0.6 is 0 Å². The molecule has 0 spiro atoms. The zero-order valence-electron chi connectivity index (χ0n) is 10.1. The predicted molar refractivity (Wildman–Crippen MR) is 66.4 cm³/mol. The SMILES string of the molecule is Cc1cc(N2CCC[C@@H](C)CC2)nc(N)n1. The average molecular weight is 220 g/mol. The zero-order chi connectivity index (χ0) is 11.5. The predicted octanol–water partition coefficient (Wildman–Crippen LogP) is 1.99. The Bertz CT molecular complexity index is 344. The Kier molecular flexibility index (Phi) is 3.27. The summed E-state index contributed by atoms with van der Waals surface area (Å²) in [6, 6.07) is 2.02. The number of nitrogen functional groups attached to an aromatic ring is 1. The van der Waals surface area contributed by atoms with Gasteiger partial charge in [-0.15, -0.1) is 0 Å². The highest BCUT2D eigenvalue weighted by Gasteiger charge is 2.15. The first kappa shape index (κ1) is 11.2. The lowest BCUT2D eigenvalue weighted by molar-refractivity contribution is 0.521. The van der Waals surface area contributed by atoms with Crippen molar-refractivity contribution in [3.63, 3.8) is 0 Å². The van der Waals surface area contributed by atoms with Gasteiger partial charge in [0.25, 0.3) is 0 Å². The summed E-state index contributed by atoms with van der Waals surface area (Å²) in [5.41, 5.74) is 6.63. The molecular formula is C12H20N4. The average Bonchev–Trinajstić information content (AvgIpc) is 2.41. The van der Waals surface area contributed by atoms with Crippen molar-refractivity contribution < 1.29 is 0 Å². The molecule has 2 rings (SSSR count). The molecule has 1 aromatic rings. The van der Waals surface area contributed by atoms with Crippen molar-refractivity contribution in [2.75, 3.05) is 23.7 Å². The van der Waals surface area contributed by atoms with Crippen LogP contribution in [0.25, 0.3) is 0 Å². The third kappa shape index (κ3) is 2.62. The molecule has 1 atom stereocenters. The van der Waals surface area contributed by atoms with Gasteiger partial charge in [-0.25, -0.2) is 4.98 Å². The van der Waals surface area contributed by atoms with Gasteiger partial charge >= 0.3 is 0 Å². The molecule has 2 heterocycles. The third-order valence-corrected chi connectivity index (χ3v) is 3.20. The van der Waals surface area contributed by atoms with E-state index >= 15 is 0 Å². The molecule has 0 amide bonds. The summed E-state index contributed by atoms with van der Waals surface area (Å²) in [5.74, 6) is 2.19. The minimum Gasteiger partial charge on any atom is -0.368 e. The van der Waals surface area contributed by atoms with Gasteiger partial charge < -0.3 is 10.6 Å². The normalized spacial score (nSPS) is 21.9. The van der Waals surface area contributed by atoms with Crippen LogP contribution in [-0.2, 0) is 0 Å². The summed E-state index contributed by atoms with van der Waals surface area (Å²) in [4.78, 5) is 10.8. The van der Waals surface area contributed by atoms with Gasteiger partial charge in [-0.3, -0.25) is 0 Å². The van der Waals surface area contributed by atoms with E-state index in [-0.39, 0.29) is 0 Å². The summed E-state index contributed by atoms with van der Waals surface area (Å²) < 4.78 is 0. The molecule has 1 fully saturated rings. The highest BCUT2D eigenvalue weighted by molar-refractivity contribution is 5.43. The largest absolute Gasteiger partial charge is 0.368 e. The molecule has 16 heavy (non-hydrogen) atoms. The van der Waals surface area contributed by atoms with Crippen LogP contribution in [0.4, 0.5) is 11.8 Å². The summed E-state index contributed by atoms with van der Waals surface area (Å²) in [5, 5.41) is 0. The molecule has 1 aliphatic heterocycles. The second-order valence-electron chi connectivity index (χ2n) is 4.75. The molecule has 0 unspecified atom stereocenters. The van der Waals surface area contributed by atoms with E-state index in [0.29, 0.717) is 5.95 Å². The van der Waals surface area contributed by atoms with Gasteiger partial charge in [0, 0.05) is 24.8 Å². The maximum absolute atomic E-state index is 5.68. The zero-order valence-corrected chi connectivity index (χ0v) is 10.1. The molecule has 1 saturated heterocycles. The number of aryl methyl sites for hydroxylation is 1. The van der Waals surface area contributed by atoms with Crippen molar-refractivity contribution in [2.24, 2.45) is 5.92 Å². The minimum absolute atomic E-state index is 0.382. The first-order chi connectivity index (χ1) is 7.65. The van der Waals surface area contributed by atoms with Gasteiger partial charge in [0.15, 0.2) is 0 Å². The summed E-state index contributed by atoms with van der Waals surface area (Å²) in [6.07, 6.45) is 3.79. The van der Waals surface area contributed by atoms with E-state index in [1.54, 1.807) is 0 Å². The monoisotopic (exact) mass is 220 g/mol. The standard InChI is InChI=1S/C12H20N4/c1-9-4-3-6-16(7-5-9)11-8-10(2)14-12(13)15-11/h8-9H,3-7H2,1-2H3,(H2,13,14,15)/t9-/m1/s1. The van der Waals surface area contributed by atoms with E-state index in [2.05, 4.69) is 21.8 Å². The quantitative estimate of drug-likeness (QED) is 0.786. The molecule has 4 heteroatoms. The van der Waals surface area contributed by atoms with Crippen LogP contribution in [0.2, 0.25) is 0 Å². The maximum atomic E-state index is 5.68. The Labute approximate surface area is 96.9 Å². The first-order valence-corrected chi connectivity index (χ1v) is 6.01. The number of nitrogens with zero attached hydrogens (tertiary/aromatic N) is 3. The fourth-order valence-corrected chi connectivity index (χ4v) is 2.23. The van der Waals surface area contributed by atoms with E-state index in [4.69, 9.17) is 5.73 Å².